The molecule has 0 aliphatic carbocycles. The third-order valence-electron chi connectivity index (χ3n) is 4.87. The molecule has 4 atom stereocenters. The quantitative estimate of drug-likeness (QED) is 0.682. The van der Waals surface area contributed by atoms with Crippen LogP contribution in [-0.4, -0.2) is 60.4 Å². The molecule has 21 heavy (non-hydrogen) atoms. The van der Waals surface area contributed by atoms with E-state index in [-0.39, 0.29) is 24.0 Å². The molecule has 0 amide bonds. The van der Waals surface area contributed by atoms with E-state index in [9.17, 15) is 4.79 Å². The van der Waals surface area contributed by atoms with Gasteiger partial charge in [-0.3, -0.25) is 0 Å². The van der Waals surface area contributed by atoms with Crippen molar-refractivity contribution in [2.24, 2.45) is 11.8 Å². The summed E-state index contributed by atoms with van der Waals surface area (Å²) in [5, 5.41) is 0. The molecule has 4 aliphatic heterocycles. The van der Waals surface area contributed by atoms with E-state index in [0.717, 1.165) is 35.9 Å². The van der Waals surface area contributed by atoms with Gasteiger partial charge in [-0.25, -0.2) is 4.79 Å². The summed E-state index contributed by atoms with van der Waals surface area (Å²) in [6, 6.07) is 0. The fraction of sp³-hybridized carbons (Fsp3) is 0.929. The number of thioether (sulfide) groups is 2. The topological polar surface area (TPSA) is 54.0 Å². The van der Waals surface area contributed by atoms with Gasteiger partial charge in [-0.05, 0) is 17.9 Å². The summed E-state index contributed by atoms with van der Waals surface area (Å²) in [6.45, 7) is 1.28. The second-order valence-electron chi connectivity index (χ2n) is 5.96. The van der Waals surface area contributed by atoms with E-state index in [1.807, 2.05) is 23.5 Å². The van der Waals surface area contributed by atoms with Crippen molar-refractivity contribution in [1.29, 1.82) is 0 Å². The standard InChI is InChI=1S/C14H20O5S2/c15-13-18-11-1-5-20-7-9(11)12(19-13)10-8-21-6-2-14(10)16-3-4-17-14/h9-12H,1-8H2/t9-,10-,11+,12+/m0/s1. The van der Waals surface area contributed by atoms with Crippen molar-refractivity contribution in [2.45, 2.75) is 30.8 Å². The predicted molar refractivity (Wildman–Crippen MR) is 80.6 cm³/mol. The molecule has 0 bridgehead atoms. The van der Waals surface area contributed by atoms with Crippen molar-refractivity contribution in [3.8, 4) is 0 Å². The van der Waals surface area contributed by atoms with Gasteiger partial charge in [-0.1, -0.05) is 0 Å². The lowest BCUT2D eigenvalue weighted by molar-refractivity contribution is -0.232. The normalized spacial score (nSPS) is 42.2. The monoisotopic (exact) mass is 332 g/mol. The number of cyclic esters (lactones) is 1. The minimum atomic E-state index is -0.541. The molecular weight excluding hydrogens is 312 g/mol. The third-order valence-corrected chi connectivity index (χ3v) is 7.10. The first kappa shape index (κ1) is 14.5. The average Bonchev–Trinajstić information content (AvgIpc) is 2.96. The maximum atomic E-state index is 11.8. The molecule has 0 aromatic carbocycles. The highest BCUT2D eigenvalue weighted by Crippen LogP contribution is 2.46. The number of fused-ring (bicyclic) bond motifs is 1. The predicted octanol–water partition coefficient (Wildman–Crippen LogP) is 2.14. The molecule has 7 heteroatoms. The Bertz CT molecular complexity index is 412. The van der Waals surface area contributed by atoms with Crippen LogP contribution in [0.15, 0.2) is 0 Å². The molecule has 0 N–H and O–H groups in total. The van der Waals surface area contributed by atoms with Crippen molar-refractivity contribution in [3.63, 3.8) is 0 Å². The second kappa shape index (κ2) is 5.83. The molecule has 5 nitrogen and oxygen atoms in total. The van der Waals surface area contributed by atoms with Gasteiger partial charge in [0.15, 0.2) is 5.79 Å². The number of rotatable bonds is 1. The summed E-state index contributed by atoms with van der Waals surface area (Å²) in [7, 11) is 0. The molecule has 4 aliphatic rings. The lowest BCUT2D eigenvalue weighted by Gasteiger charge is -2.48. The fourth-order valence-electron chi connectivity index (χ4n) is 3.83. The van der Waals surface area contributed by atoms with Crippen LogP contribution in [0.2, 0.25) is 0 Å². The Morgan fingerprint density at radius 2 is 1.86 bits per heavy atom. The number of hydrogen-bond acceptors (Lipinski definition) is 7. The lowest BCUT2D eigenvalue weighted by Crippen LogP contribution is -2.58. The molecule has 4 fully saturated rings. The zero-order valence-corrected chi connectivity index (χ0v) is 13.5. The van der Waals surface area contributed by atoms with Crippen LogP contribution >= 0.6 is 23.5 Å². The highest BCUT2D eigenvalue weighted by molar-refractivity contribution is 7.99. The van der Waals surface area contributed by atoms with Gasteiger partial charge in [0.2, 0.25) is 0 Å². The third kappa shape index (κ3) is 2.56. The number of hydrogen-bond donors (Lipinski definition) is 0. The number of carbonyl (C=O) groups is 1. The molecule has 0 unspecified atom stereocenters. The molecule has 4 saturated heterocycles. The van der Waals surface area contributed by atoms with Crippen LogP contribution in [0.1, 0.15) is 12.8 Å². The smallest absolute Gasteiger partial charge is 0.430 e. The Labute approximate surface area is 132 Å². The van der Waals surface area contributed by atoms with Crippen LogP contribution < -0.4 is 0 Å². The maximum absolute atomic E-state index is 11.8. The van der Waals surface area contributed by atoms with E-state index in [4.69, 9.17) is 18.9 Å². The van der Waals surface area contributed by atoms with Gasteiger partial charge in [-0.15, -0.1) is 0 Å². The summed E-state index contributed by atoms with van der Waals surface area (Å²) in [5.41, 5.74) is 0. The van der Waals surface area contributed by atoms with E-state index in [2.05, 4.69) is 0 Å². The van der Waals surface area contributed by atoms with E-state index in [0.29, 0.717) is 13.2 Å². The van der Waals surface area contributed by atoms with Crippen molar-refractivity contribution in [2.75, 3.05) is 36.2 Å². The van der Waals surface area contributed by atoms with Crippen molar-refractivity contribution < 1.29 is 23.7 Å². The molecule has 0 saturated carbocycles. The summed E-state index contributed by atoms with van der Waals surface area (Å²) in [4.78, 5) is 11.8. The van der Waals surface area contributed by atoms with Crippen molar-refractivity contribution in [3.05, 3.63) is 0 Å². The molecule has 0 aromatic heterocycles. The summed E-state index contributed by atoms with van der Waals surface area (Å²) in [6.07, 6.45) is 1.15. The van der Waals surface area contributed by atoms with E-state index < -0.39 is 11.9 Å². The van der Waals surface area contributed by atoms with Gasteiger partial charge in [0, 0.05) is 23.8 Å². The van der Waals surface area contributed by atoms with E-state index in [1.54, 1.807) is 0 Å². The first-order valence-corrected chi connectivity index (χ1v) is 9.90. The highest BCUT2D eigenvalue weighted by atomic mass is 32.2. The molecular formula is C14H20O5S2. The Kier molecular flexibility index (Phi) is 4.02. The molecule has 4 heterocycles. The van der Waals surface area contributed by atoms with Gasteiger partial charge >= 0.3 is 6.16 Å². The maximum Gasteiger partial charge on any atom is 0.508 e. The Balaban J connectivity index is 1.61. The van der Waals surface area contributed by atoms with Crippen LogP contribution in [0.25, 0.3) is 0 Å². The zero-order chi connectivity index (χ0) is 14.3. The second-order valence-corrected chi connectivity index (χ2v) is 8.26. The Hall–Kier alpha value is -0.110. The van der Waals surface area contributed by atoms with Crippen molar-refractivity contribution in [1.82, 2.24) is 0 Å². The summed E-state index contributed by atoms with van der Waals surface area (Å²) >= 11 is 3.82. The zero-order valence-electron chi connectivity index (χ0n) is 11.8. The van der Waals surface area contributed by atoms with E-state index in [1.165, 1.54) is 0 Å². The summed E-state index contributed by atoms with van der Waals surface area (Å²) in [5.74, 6) is 3.83. The SMILES string of the molecule is O=C1O[C@@H]([C@@H]2CSCCC23OCCO3)[C@H]2CSCC[C@H]2O1. The molecule has 0 radical (unpaired) electrons. The first-order valence-electron chi connectivity index (χ1n) is 7.59. The van der Waals surface area contributed by atoms with Gasteiger partial charge in [0.25, 0.3) is 0 Å². The Morgan fingerprint density at radius 3 is 2.71 bits per heavy atom. The minimum Gasteiger partial charge on any atom is -0.430 e. The highest BCUT2D eigenvalue weighted by Gasteiger charge is 2.56. The molecule has 118 valence electrons. The van der Waals surface area contributed by atoms with Crippen LogP contribution in [0.3, 0.4) is 0 Å². The number of carbonyl (C=O) groups excluding carboxylic acids is 1. The minimum absolute atomic E-state index is 0.00267. The van der Waals surface area contributed by atoms with Crippen LogP contribution in [0.4, 0.5) is 4.79 Å². The molecule has 4 rings (SSSR count). The largest absolute Gasteiger partial charge is 0.508 e. The van der Waals surface area contributed by atoms with Gasteiger partial charge in [0.1, 0.15) is 12.2 Å². The lowest BCUT2D eigenvalue weighted by atomic mass is 9.81. The van der Waals surface area contributed by atoms with Crippen LogP contribution in [0, 0.1) is 11.8 Å². The number of ether oxygens (including phenoxy) is 4. The summed E-state index contributed by atoms with van der Waals surface area (Å²) < 4.78 is 23.0. The van der Waals surface area contributed by atoms with E-state index >= 15 is 0 Å². The van der Waals surface area contributed by atoms with Crippen LogP contribution in [-0.2, 0) is 18.9 Å². The fourth-order valence-corrected chi connectivity index (χ4v) is 6.37. The Morgan fingerprint density at radius 1 is 1.05 bits per heavy atom. The van der Waals surface area contributed by atoms with Gasteiger partial charge < -0.3 is 18.9 Å². The first-order chi connectivity index (χ1) is 10.3. The molecule has 1 spiro atoms. The van der Waals surface area contributed by atoms with Crippen molar-refractivity contribution >= 4 is 29.7 Å². The van der Waals surface area contributed by atoms with Gasteiger partial charge in [-0.2, -0.15) is 23.5 Å². The van der Waals surface area contributed by atoms with Crippen LogP contribution in [0.5, 0.6) is 0 Å². The molecule has 0 aromatic rings. The van der Waals surface area contributed by atoms with Gasteiger partial charge in [0.05, 0.1) is 19.1 Å². The average molecular weight is 332 g/mol.